The smallest absolute Gasteiger partial charge is 0.268 e. The Bertz CT molecular complexity index is 1540. The van der Waals surface area contributed by atoms with Crippen molar-refractivity contribution in [2.75, 3.05) is 40.9 Å². The number of amides is 1. The minimum atomic E-state index is -4.61. The number of carbonyl (C=O) groups is 1. The molecule has 0 saturated heterocycles. The van der Waals surface area contributed by atoms with Crippen LogP contribution in [0.2, 0.25) is 0 Å². The lowest BCUT2D eigenvalue weighted by Crippen LogP contribution is -2.45. The number of hydrogen-bond donors (Lipinski definition) is 2. The lowest BCUT2D eigenvalue weighted by atomic mass is 10.0. The van der Waals surface area contributed by atoms with E-state index >= 15 is 0 Å². The van der Waals surface area contributed by atoms with Crippen LogP contribution < -0.4 is 10.2 Å². The summed E-state index contributed by atoms with van der Waals surface area (Å²) in [5.74, 6) is -0.215. The number of phosphoric ester groups is 1. The molecule has 0 saturated carbocycles. The number of aliphatic hydroxyl groups excluding tert-OH is 1. The van der Waals surface area contributed by atoms with Crippen molar-refractivity contribution in [3.05, 3.63) is 109 Å². The Balaban J connectivity index is 4.28. The first kappa shape index (κ1) is 69.2. The maximum Gasteiger partial charge on any atom is 0.268 e. The first-order valence-corrected chi connectivity index (χ1v) is 30.7. The first-order valence-electron chi connectivity index (χ1n) is 29.2. The zero-order valence-electron chi connectivity index (χ0n) is 47.1. The molecule has 0 radical (unpaired) electrons. The molecule has 3 atom stereocenters. The molecule has 414 valence electrons. The van der Waals surface area contributed by atoms with E-state index in [2.05, 4.69) is 116 Å². The quantitative estimate of drug-likeness (QED) is 0.0272. The molecular formula is C63H111N2O6P. The molecule has 72 heavy (non-hydrogen) atoms. The fraction of sp³-hybridized carbons (Fsp3) is 0.698. The molecular weight excluding hydrogens is 912 g/mol. The van der Waals surface area contributed by atoms with Gasteiger partial charge in [0.05, 0.1) is 39.9 Å². The third-order valence-corrected chi connectivity index (χ3v) is 13.5. The van der Waals surface area contributed by atoms with Crippen LogP contribution in [0.1, 0.15) is 232 Å². The Hall–Kier alpha value is -2.84. The minimum Gasteiger partial charge on any atom is -0.756 e. The van der Waals surface area contributed by atoms with Crippen LogP contribution in [0.15, 0.2) is 109 Å². The van der Waals surface area contributed by atoms with Crippen molar-refractivity contribution in [1.82, 2.24) is 5.32 Å². The highest BCUT2D eigenvalue weighted by atomic mass is 31.2. The van der Waals surface area contributed by atoms with Crippen LogP contribution in [-0.2, 0) is 18.4 Å². The molecule has 8 nitrogen and oxygen atoms in total. The van der Waals surface area contributed by atoms with E-state index < -0.39 is 26.6 Å². The lowest BCUT2D eigenvalue weighted by Gasteiger charge is -2.29. The molecule has 2 N–H and O–H groups in total. The molecule has 0 fully saturated rings. The van der Waals surface area contributed by atoms with Crippen molar-refractivity contribution in [2.45, 2.75) is 244 Å². The van der Waals surface area contributed by atoms with E-state index in [9.17, 15) is 19.4 Å². The van der Waals surface area contributed by atoms with Crippen LogP contribution in [0.4, 0.5) is 0 Å². The molecule has 0 spiro atoms. The topological polar surface area (TPSA) is 108 Å². The van der Waals surface area contributed by atoms with Crippen LogP contribution in [0.3, 0.4) is 0 Å². The summed E-state index contributed by atoms with van der Waals surface area (Å²) in [7, 11) is 1.24. The molecule has 0 heterocycles. The summed E-state index contributed by atoms with van der Waals surface area (Å²) in [6, 6.07) is -0.903. The van der Waals surface area contributed by atoms with Crippen LogP contribution >= 0.6 is 7.82 Å². The normalized spacial score (nSPS) is 14.7. The second-order valence-corrected chi connectivity index (χ2v) is 22.0. The van der Waals surface area contributed by atoms with Crippen molar-refractivity contribution in [1.29, 1.82) is 0 Å². The SMILES string of the molecule is CC/C=C\C/C=C\C/C=C\C/C=C\C/C=C\C/C=C\C/C=C\C/C=C\CCCCCCCCC(=O)NC(COP(=O)([O-])OCC[N+](C)(C)C)C(O)/C=C/CCCCCCCCCCCCCCCCCCC. The maximum atomic E-state index is 13.0. The van der Waals surface area contributed by atoms with E-state index in [1.54, 1.807) is 6.08 Å². The monoisotopic (exact) mass is 1020 g/mol. The van der Waals surface area contributed by atoms with E-state index in [-0.39, 0.29) is 12.5 Å². The molecule has 0 aromatic heterocycles. The molecule has 1 amide bonds. The zero-order valence-corrected chi connectivity index (χ0v) is 48.0. The second kappa shape index (κ2) is 53.0. The number of unbranched alkanes of at least 4 members (excludes halogenated alkanes) is 23. The molecule has 9 heteroatoms. The van der Waals surface area contributed by atoms with Gasteiger partial charge in [-0.05, 0) is 83.5 Å². The number of nitrogens with one attached hydrogen (secondary N) is 1. The van der Waals surface area contributed by atoms with Gasteiger partial charge in [-0.25, -0.2) is 0 Å². The van der Waals surface area contributed by atoms with Crippen molar-refractivity contribution < 1.29 is 32.9 Å². The fourth-order valence-electron chi connectivity index (χ4n) is 7.93. The van der Waals surface area contributed by atoms with Crippen LogP contribution in [0.5, 0.6) is 0 Å². The van der Waals surface area contributed by atoms with E-state index in [4.69, 9.17) is 9.05 Å². The lowest BCUT2D eigenvalue weighted by molar-refractivity contribution is -0.870. The van der Waals surface area contributed by atoms with Gasteiger partial charge in [0, 0.05) is 6.42 Å². The first-order chi connectivity index (χ1) is 35.0. The minimum absolute atomic E-state index is 0.00967. The summed E-state index contributed by atoms with van der Waals surface area (Å²) in [4.78, 5) is 25.5. The number of aliphatic hydroxyl groups is 1. The maximum absolute atomic E-state index is 13.0. The van der Waals surface area contributed by atoms with E-state index in [0.717, 1.165) is 109 Å². The molecule has 0 aromatic carbocycles. The number of rotatable bonds is 52. The Kier molecular flexibility index (Phi) is 50.9. The number of allylic oxidation sites excluding steroid dienone is 17. The summed E-state index contributed by atoms with van der Waals surface area (Å²) >= 11 is 0. The van der Waals surface area contributed by atoms with E-state index in [1.165, 1.54) is 103 Å². The third kappa shape index (κ3) is 54.9. The number of quaternary nitrogens is 1. The van der Waals surface area contributed by atoms with Gasteiger partial charge in [0.2, 0.25) is 5.91 Å². The summed E-state index contributed by atoms with van der Waals surface area (Å²) in [6.45, 7) is 4.52. The fourth-order valence-corrected chi connectivity index (χ4v) is 8.66. The van der Waals surface area contributed by atoms with Gasteiger partial charge in [-0.3, -0.25) is 9.36 Å². The van der Waals surface area contributed by atoms with Crippen LogP contribution in [-0.4, -0.2) is 68.5 Å². The van der Waals surface area contributed by atoms with Crippen molar-refractivity contribution in [2.24, 2.45) is 0 Å². The van der Waals surface area contributed by atoms with Crippen molar-refractivity contribution in [3.8, 4) is 0 Å². The average molecular weight is 1020 g/mol. The molecule has 3 unspecified atom stereocenters. The predicted molar refractivity (Wildman–Crippen MR) is 311 cm³/mol. The summed E-state index contributed by atoms with van der Waals surface area (Å²) < 4.78 is 23.3. The summed E-state index contributed by atoms with van der Waals surface area (Å²) in [5, 5.41) is 13.9. The van der Waals surface area contributed by atoms with Gasteiger partial charge >= 0.3 is 0 Å². The third-order valence-electron chi connectivity index (χ3n) is 12.5. The van der Waals surface area contributed by atoms with Gasteiger partial charge in [0.25, 0.3) is 7.82 Å². The molecule has 0 rings (SSSR count). The summed E-state index contributed by atoms with van der Waals surface area (Å²) in [5.41, 5.74) is 0. The van der Waals surface area contributed by atoms with Crippen molar-refractivity contribution >= 4 is 13.7 Å². The highest BCUT2D eigenvalue weighted by Crippen LogP contribution is 2.38. The Morgan fingerprint density at radius 2 is 0.847 bits per heavy atom. The van der Waals surface area contributed by atoms with Gasteiger partial charge in [0.15, 0.2) is 0 Å². The number of hydrogen-bond acceptors (Lipinski definition) is 6. The summed E-state index contributed by atoms with van der Waals surface area (Å²) in [6.07, 6.45) is 77.3. The molecule has 0 aliphatic heterocycles. The predicted octanol–water partition coefficient (Wildman–Crippen LogP) is 17.3. The van der Waals surface area contributed by atoms with Gasteiger partial charge in [0.1, 0.15) is 13.2 Å². The van der Waals surface area contributed by atoms with E-state index in [1.807, 2.05) is 27.2 Å². The van der Waals surface area contributed by atoms with Gasteiger partial charge in [-0.15, -0.1) is 0 Å². The standard InChI is InChI=1S/C63H111N2O6P/c1-6-8-10-12-14-16-18-20-22-24-26-27-28-29-30-31-32-33-34-35-36-37-39-41-43-45-47-49-51-53-55-57-63(67)64-61(60-71-72(68,69)70-59-58-65(3,4)5)62(66)56-54-52-50-48-46-44-42-40-38-25-23-21-19-17-15-13-11-9-7-2/h8,10,14,16,20,22,26-27,29-30,32-33,35-36,39,41,54,56,61-62,66H,6-7,9,11-13,15,17-19,21,23-25,28,31,34,37-38,40,42-53,55,57-60H2,1-5H3,(H-,64,67,68,69)/b10-8-,16-14-,22-20-,27-26-,30-29-,33-32-,36-35-,41-39-,56-54+. The number of nitrogens with zero attached hydrogens (tertiary/aromatic N) is 1. The number of carbonyl (C=O) groups excluding carboxylic acids is 1. The van der Waals surface area contributed by atoms with Crippen LogP contribution in [0.25, 0.3) is 0 Å². The zero-order chi connectivity index (χ0) is 52.7. The average Bonchev–Trinajstić information content (AvgIpc) is 3.34. The Labute approximate surface area is 444 Å². The molecule has 0 aromatic rings. The Morgan fingerprint density at radius 3 is 1.24 bits per heavy atom. The molecule has 0 bridgehead atoms. The van der Waals surface area contributed by atoms with Gasteiger partial charge in [-0.2, -0.15) is 0 Å². The highest BCUT2D eigenvalue weighted by molar-refractivity contribution is 7.45. The van der Waals surface area contributed by atoms with Crippen molar-refractivity contribution in [3.63, 3.8) is 0 Å². The molecule has 0 aliphatic carbocycles. The number of phosphoric acid groups is 1. The largest absolute Gasteiger partial charge is 0.756 e. The Morgan fingerprint density at radius 1 is 0.500 bits per heavy atom. The number of likely N-dealkylation sites (N-methyl/N-ethyl adjacent to an activating group) is 1. The highest BCUT2D eigenvalue weighted by Gasteiger charge is 2.23. The van der Waals surface area contributed by atoms with Gasteiger partial charge in [-0.1, -0.05) is 252 Å². The second-order valence-electron chi connectivity index (χ2n) is 20.6. The molecule has 0 aliphatic rings. The van der Waals surface area contributed by atoms with Gasteiger partial charge < -0.3 is 28.8 Å². The van der Waals surface area contributed by atoms with E-state index in [0.29, 0.717) is 17.4 Å². The van der Waals surface area contributed by atoms with Crippen LogP contribution in [0, 0.1) is 0 Å².